The van der Waals surface area contributed by atoms with Gasteiger partial charge in [-0.15, -0.1) is 11.3 Å². The first-order valence-electron chi connectivity index (χ1n) is 17.7. The molecule has 0 bridgehead atoms. The van der Waals surface area contributed by atoms with Crippen LogP contribution >= 0.6 is 11.3 Å². The zero-order chi connectivity index (χ0) is 34.1. The van der Waals surface area contributed by atoms with E-state index in [0.29, 0.717) is 0 Å². The molecule has 8 aromatic carbocycles. The topological polar surface area (TPSA) is 3.24 Å². The lowest BCUT2D eigenvalue weighted by atomic mass is 9.82. The van der Waals surface area contributed by atoms with Crippen molar-refractivity contribution in [1.29, 1.82) is 0 Å². The minimum atomic E-state index is -0.0406. The molecule has 10 rings (SSSR count). The van der Waals surface area contributed by atoms with E-state index < -0.39 is 0 Å². The van der Waals surface area contributed by atoms with Crippen LogP contribution in [0.15, 0.2) is 176 Å². The molecule has 0 N–H and O–H groups in total. The van der Waals surface area contributed by atoms with E-state index in [9.17, 15) is 0 Å². The molecular formula is C49H35NS. The van der Waals surface area contributed by atoms with Gasteiger partial charge in [0, 0.05) is 42.5 Å². The van der Waals surface area contributed by atoms with Gasteiger partial charge in [0.2, 0.25) is 0 Å². The molecule has 1 nitrogen and oxygen atoms in total. The highest BCUT2D eigenvalue weighted by Gasteiger charge is 2.35. The van der Waals surface area contributed by atoms with Gasteiger partial charge in [-0.2, -0.15) is 0 Å². The van der Waals surface area contributed by atoms with Crippen molar-refractivity contribution in [3.8, 4) is 33.4 Å². The monoisotopic (exact) mass is 669 g/mol. The molecule has 242 valence electrons. The summed E-state index contributed by atoms with van der Waals surface area (Å²) < 4.78 is 2.68. The molecule has 0 amide bonds. The van der Waals surface area contributed by atoms with E-state index in [0.717, 1.165) is 17.1 Å². The Bertz CT molecular complexity index is 2770. The summed E-state index contributed by atoms with van der Waals surface area (Å²) in [5, 5.41) is 5.29. The third-order valence-corrected chi connectivity index (χ3v) is 12.0. The van der Waals surface area contributed by atoms with Crippen LogP contribution in [-0.4, -0.2) is 0 Å². The molecule has 2 heteroatoms. The average molecular weight is 670 g/mol. The minimum Gasteiger partial charge on any atom is -0.310 e. The molecular weight excluding hydrogens is 635 g/mol. The van der Waals surface area contributed by atoms with E-state index in [-0.39, 0.29) is 5.41 Å². The van der Waals surface area contributed by atoms with Gasteiger partial charge in [0.05, 0.1) is 5.69 Å². The van der Waals surface area contributed by atoms with E-state index in [4.69, 9.17) is 0 Å². The minimum absolute atomic E-state index is 0.0406. The van der Waals surface area contributed by atoms with Crippen molar-refractivity contribution in [3.63, 3.8) is 0 Å². The predicted molar refractivity (Wildman–Crippen MR) is 220 cm³/mol. The van der Waals surface area contributed by atoms with Gasteiger partial charge >= 0.3 is 0 Å². The van der Waals surface area contributed by atoms with E-state index in [1.54, 1.807) is 0 Å². The molecule has 51 heavy (non-hydrogen) atoms. The number of fused-ring (bicyclic) bond motifs is 8. The van der Waals surface area contributed by atoms with Crippen molar-refractivity contribution in [1.82, 2.24) is 0 Å². The molecule has 1 heterocycles. The van der Waals surface area contributed by atoms with Crippen molar-refractivity contribution in [2.24, 2.45) is 0 Å². The number of benzene rings is 8. The molecule has 9 aromatic rings. The van der Waals surface area contributed by atoms with Gasteiger partial charge in [0.25, 0.3) is 0 Å². The van der Waals surface area contributed by atoms with E-state index in [1.807, 2.05) is 11.3 Å². The first-order valence-corrected chi connectivity index (χ1v) is 18.5. The largest absolute Gasteiger partial charge is 0.310 e. The summed E-state index contributed by atoms with van der Waals surface area (Å²) in [7, 11) is 0. The van der Waals surface area contributed by atoms with E-state index in [2.05, 4.69) is 195 Å². The lowest BCUT2D eigenvalue weighted by Gasteiger charge is -2.29. The molecule has 1 aliphatic carbocycles. The van der Waals surface area contributed by atoms with E-state index in [1.165, 1.54) is 75.5 Å². The summed E-state index contributed by atoms with van der Waals surface area (Å²) >= 11 is 1.88. The number of para-hydroxylation sites is 1. The number of hydrogen-bond acceptors (Lipinski definition) is 2. The van der Waals surface area contributed by atoms with Crippen LogP contribution in [0.25, 0.3) is 64.3 Å². The molecule has 0 radical (unpaired) electrons. The highest BCUT2D eigenvalue weighted by atomic mass is 32.1. The Morgan fingerprint density at radius 2 is 1.12 bits per heavy atom. The Balaban J connectivity index is 1.10. The zero-order valence-corrected chi connectivity index (χ0v) is 29.4. The maximum atomic E-state index is 2.43. The second-order valence-electron chi connectivity index (χ2n) is 14.1. The third-order valence-electron chi connectivity index (χ3n) is 10.9. The van der Waals surface area contributed by atoms with Crippen LogP contribution in [0.4, 0.5) is 17.1 Å². The van der Waals surface area contributed by atoms with Crippen molar-refractivity contribution >= 4 is 59.3 Å². The predicted octanol–water partition coefficient (Wildman–Crippen LogP) is 14.3. The molecule has 0 fully saturated rings. The van der Waals surface area contributed by atoms with Gasteiger partial charge in [0.1, 0.15) is 0 Å². The molecule has 0 aliphatic heterocycles. The lowest BCUT2D eigenvalue weighted by Crippen LogP contribution is -2.15. The van der Waals surface area contributed by atoms with Gasteiger partial charge in [-0.25, -0.2) is 0 Å². The Hall–Kier alpha value is -5.96. The lowest BCUT2D eigenvalue weighted by molar-refractivity contribution is 0.660. The van der Waals surface area contributed by atoms with Crippen LogP contribution in [0.5, 0.6) is 0 Å². The van der Waals surface area contributed by atoms with Gasteiger partial charge < -0.3 is 4.90 Å². The highest BCUT2D eigenvalue weighted by Crippen LogP contribution is 2.51. The summed E-state index contributed by atoms with van der Waals surface area (Å²) in [4.78, 5) is 2.43. The standard InChI is InChI=1S/C49H35NS/c1-49(2)43-17-9-6-15-40(43)42-31-37(26-28-44(42)49)50(45-18-10-7-14-38(45)33-12-4-3-5-13-33)36-24-20-32(21-25-36)34-22-27-39-35(30-34)23-29-47-48(39)41-16-8-11-19-46(41)51-47/h3-31H,1-2H3. The average Bonchev–Trinajstić information content (AvgIpc) is 3.68. The zero-order valence-electron chi connectivity index (χ0n) is 28.6. The second kappa shape index (κ2) is 11.6. The second-order valence-corrected chi connectivity index (χ2v) is 15.2. The number of hydrogen-bond donors (Lipinski definition) is 0. The summed E-state index contributed by atoms with van der Waals surface area (Å²) in [5.74, 6) is 0. The Morgan fingerprint density at radius 1 is 0.431 bits per heavy atom. The maximum absolute atomic E-state index is 2.43. The van der Waals surface area contributed by atoms with Crippen LogP contribution in [0.2, 0.25) is 0 Å². The molecule has 1 aliphatic rings. The van der Waals surface area contributed by atoms with Crippen LogP contribution in [0.3, 0.4) is 0 Å². The molecule has 0 unspecified atom stereocenters. The van der Waals surface area contributed by atoms with Gasteiger partial charge in [0.15, 0.2) is 0 Å². The Kier molecular flexibility index (Phi) is 6.78. The third kappa shape index (κ3) is 4.75. The summed E-state index contributed by atoms with van der Waals surface area (Å²) in [6.45, 7) is 4.69. The molecule has 0 saturated carbocycles. The van der Waals surface area contributed by atoms with Gasteiger partial charge in [-0.05, 0) is 98.2 Å². The smallest absolute Gasteiger partial charge is 0.0540 e. The van der Waals surface area contributed by atoms with Crippen LogP contribution in [0.1, 0.15) is 25.0 Å². The van der Waals surface area contributed by atoms with Crippen molar-refractivity contribution < 1.29 is 0 Å². The summed E-state index contributed by atoms with van der Waals surface area (Å²) in [5.41, 5.74) is 13.6. The highest BCUT2D eigenvalue weighted by molar-refractivity contribution is 7.26. The first kappa shape index (κ1) is 29.9. The quantitative estimate of drug-likeness (QED) is 0.176. The van der Waals surface area contributed by atoms with Crippen molar-refractivity contribution in [3.05, 3.63) is 187 Å². The van der Waals surface area contributed by atoms with E-state index >= 15 is 0 Å². The number of rotatable bonds is 5. The molecule has 0 spiro atoms. The fourth-order valence-electron chi connectivity index (χ4n) is 8.34. The fraction of sp³-hybridized carbons (Fsp3) is 0.0612. The normalized spacial score (nSPS) is 13.1. The van der Waals surface area contributed by atoms with Crippen molar-refractivity contribution in [2.45, 2.75) is 19.3 Å². The summed E-state index contributed by atoms with van der Waals surface area (Å²) in [6, 6.07) is 64.8. The first-order chi connectivity index (χ1) is 25.0. The number of thiophene rings is 1. The van der Waals surface area contributed by atoms with Crippen LogP contribution in [0, 0.1) is 0 Å². The summed E-state index contributed by atoms with van der Waals surface area (Å²) in [6.07, 6.45) is 0. The molecule has 1 aromatic heterocycles. The number of anilines is 3. The molecule has 0 saturated heterocycles. The SMILES string of the molecule is CC1(C)c2ccccc2-c2cc(N(c3ccc(-c4ccc5c(ccc6sc7ccccc7c65)c4)cc3)c3ccccc3-c3ccccc3)ccc21. The van der Waals surface area contributed by atoms with Crippen molar-refractivity contribution in [2.75, 3.05) is 4.90 Å². The fourth-order valence-corrected chi connectivity index (χ4v) is 9.46. The van der Waals surface area contributed by atoms with Gasteiger partial charge in [-0.1, -0.05) is 141 Å². The van der Waals surface area contributed by atoms with Crippen LogP contribution < -0.4 is 4.90 Å². The van der Waals surface area contributed by atoms with Crippen LogP contribution in [-0.2, 0) is 5.41 Å². The number of nitrogens with zero attached hydrogens (tertiary/aromatic N) is 1. The Labute approximate surface area is 302 Å². The maximum Gasteiger partial charge on any atom is 0.0540 e. The van der Waals surface area contributed by atoms with Gasteiger partial charge in [-0.3, -0.25) is 0 Å². The molecule has 0 atom stereocenters. The Morgan fingerprint density at radius 3 is 1.98 bits per heavy atom.